The van der Waals surface area contributed by atoms with Crippen molar-refractivity contribution in [2.24, 2.45) is 0 Å². The van der Waals surface area contributed by atoms with Gasteiger partial charge in [0.15, 0.2) is 6.61 Å². The minimum Gasteiger partial charge on any atom is -0.484 e. The zero-order chi connectivity index (χ0) is 26.3. The van der Waals surface area contributed by atoms with Gasteiger partial charge in [-0.25, -0.2) is 0 Å². The van der Waals surface area contributed by atoms with E-state index in [2.05, 4.69) is 21.2 Å². The molecule has 0 aromatic heterocycles. The number of nitrogens with one attached hydrogen (secondary N) is 1. The van der Waals surface area contributed by atoms with E-state index in [9.17, 15) is 9.59 Å². The molecule has 0 unspecified atom stereocenters. The van der Waals surface area contributed by atoms with Crippen molar-refractivity contribution in [2.75, 3.05) is 6.61 Å². The highest BCUT2D eigenvalue weighted by atomic mass is 79.9. The molecule has 190 valence electrons. The summed E-state index contributed by atoms with van der Waals surface area (Å²) < 4.78 is 6.87. The van der Waals surface area contributed by atoms with Gasteiger partial charge in [0, 0.05) is 23.0 Å². The van der Waals surface area contributed by atoms with E-state index in [4.69, 9.17) is 4.74 Å². The molecular formula is C30H35BrN2O3. The molecule has 36 heavy (non-hydrogen) atoms. The van der Waals surface area contributed by atoms with Crippen LogP contribution in [0.4, 0.5) is 0 Å². The van der Waals surface area contributed by atoms with Crippen LogP contribution in [-0.4, -0.2) is 34.9 Å². The highest BCUT2D eigenvalue weighted by Gasteiger charge is 2.32. The summed E-state index contributed by atoms with van der Waals surface area (Å²) in [5.74, 6) is 0.176. The Morgan fingerprint density at radius 2 is 1.61 bits per heavy atom. The van der Waals surface area contributed by atoms with Gasteiger partial charge in [-0.05, 0) is 75.1 Å². The maximum atomic E-state index is 13.7. The van der Waals surface area contributed by atoms with Crippen molar-refractivity contribution >= 4 is 27.7 Å². The number of aryl methyl sites for hydroxylation is 2. The van der Waals surface area contributed by atoms with E-state index in [0.29, 0.717) is 18.7 Å². The molecule has 0 radical (unpaired) electrons. The fourth-order valence-corrected chi connectivity index (χ4v) is 4.16. The number of hydrogen-bond donors (Lipinski definition) is 1. The molecule has 0 heterocycles. The van der Waals surface area contributed by atoms with E-state index in [1.165, 1.54) is 0 Å². The van der Waals surface area contributed by atoms with Gasteiger partial charge < -0.3 is 15.0 Å². The first-order valence-corrected chi connectivity index (χ1v) is 12.9. The predicted octanol–water partition coefficient (Wildman–Crippen LogP) is 6.00. The van der Waals surface area contributed by atoms with Crippen molar-refractivity contribution < 1.29 is 14.3 Å². The lowest BCUT2D eigenvalue weighted by atomic mass is 10.00. The quantitative estimate of drug-likeness (QED) is 0.355. The molecule has 3 rings (SSSR count). The third-order valence-corrected chi connectivity index (χ3v) is 6.75. The second-order valence-corrected chi connectivity index (χ2v) is 10.9. The molecule has 3 aromatic rings. The van der Waals surface area contributed by atoms with Gasteiger partial charge in [0.2, 0.25) is 5.91 Å². The smallest absolute Gasteiger partial charge is 0.261 e. The van der Waals surface area contributed by atoms with E-state index in [1.54, 1.807) is 4.90 Å². The summed E-state index contributed by atoms with van der Waals surface area (Å²) in [7, 11) is 0. The lowest BCUT2D eigenvalue weighted by Crippen LogP contribution is -2.55. The largest absolute Gasteiger partial charge is 0.484 e. The van der Waals surface area contributed by atoms with Crippen molar-refractivity contribution in [3.05, 3.63) is 99.5 Å². The molecule has 1 atom stereocenters. The SMILES string of the molecule is Cc1cc(OCC(=O)N(Cc2ccccc2C)[C@@H](Cc2ccccc2)C(=O)NC(C)(C)C)ccc1Br. The number of halogens is 1. The molecule has 0 saturated carbocycles. The van der Waals surface area contributed by atoms with E-state index in [1.807, 2.05) is 107 Å². The molecule has 1 N–H and O–H groups in total. The molecular weight excluding hydrogens is 516 g/mol. The summed E-state index contributed by atoms with van der Waals surface area (Å²) in [6.45, 7) is 9.95. The second kappa shape index (κ2) is 12.2. The Bertz CT molecular complexity index is 1190. The van der Waals surface area contributed by atoms with Gasteiger partial charge in [-0.1, -0.05) is 70.5 Å². The Hall–Kier alpha value is -3.12. The normalized spacial score (nSPS) is 12.1. The van der Waals surface area contributed by atoms with Gasteiger partial charge in [0.25, 0.3) is 5.91 Å². The Morgan fingerprint density at radius 3 is 2.25 bits per heavy atom. The highest BCUT2D eigenvalue weighted by molar-refractivity contribution is 9.10. The maximum absolute atomic E-state index is 13.7. The Kier molecular flexibility index (Phi) is 9.32. The summed E-state index contributed by atoms with van der Waals surface area (Å²) in [4.78, 5) is 28.9. The standard InChI is InChI=1S/C30H35BrN2O3/c1-21-11-9-10-14-24(21)19-33(28(34)20-36-25-15-16-26(31)22(2)17-25)27(29(35)32-30(3,4)5)18-23-12-7-6-8-13-23/h6-17,27H,18-20H2,1-5H3,(H,32,35)/t27-/m0/s1. The molecule has 0 aliphatic rings. The van der Waals surface area contributed by atoms with Gasteiger partial charge in [-0.15, -0.1) is 0 Å². The van der Waals surface area contributed by atoms with Gasteiger partial charge in [0.1, 0.15) is 11.8 Å². The van der Waals surface area contributed by atoms with Gasteiger partial charge in [-0.2, -0.15) is 0 Å². The minimum atomic E-state index is -0.700. The molecule has 0 bridgehead atoms. The van der Waals surface area contributed by atoms with Crippen LogP contribution in [0.2, 0.25) is 0 Å². The third-order valence-electron chi connectivity index (χ3n) is 5.86. The number of carbonyl (C=O) groups excluding carboxylic acids is 2. The fourth-order valence-electron chi connectivity index (χ4n) is 3.91. The Balaban J connectivity index is 1.94. The lowest BCUT2D eigenvalue weighted by molar-refractivity contribution is -0.143. The zero-order valence-electron chi connectivity index (χ0n) is 21.7. The van der Waals surface area contributed by atoms with Crippen LogP contribution in [0, 0.1) is 13.8 Å². The summed E-state index contributed by atoms with van der Waals surface area (Å²) in [6, 6.07) is 22.6. The van der Waals surface area contributed by atoms with Crippen molar-refractivity contribution in [2.45, 2.75) is 59.2 Å². The van der Waals surface area contributed by atoms with E-state index in [0.717, 1.165) is 26.7 Å². The topological polar surface area (TPSA) is 58.6 Å². The molecule has 0 spiro atoms. The van der Waals surface area contributed by atoms with Crippen LogP contribution in [-0.2, 0) is 22.6 Å². The summed E-state index contributed by atoms with van der Waals surface area (Å²) in [6.07, 6.45) is 0.401. The molecule has 0 aliphatic carbocycles. The molecule has 0 saturated heterocycles. The van der Waals surface area contributed by atoms with Crippen LogP contribution in [0.25, 0.3) is 0 Å². The predicted molar refractivity (Wildman–Crippen MR) is 148 cm³/mol. The first-order chi connectivity index (χ1) is 17.0. The van der Waals surface area contributed by atoms with Gasteiger partial charge in [-0.3, -0.25) is 9.59 Å². The first-order valence-electron chi connectivity index (χ1n) is 12.1. The Labute approximate surface area is 223 Å². The van der Waals surface area contributed by atoms with Gasteiger partial charge in [0.05, 0.1) is 0 Å². The number of amides is 2. The van der Waals surface area contributed by atoms with E-state index >= 15 is 0 Å². The average molecular weight is 552 g/mol. The molecule has 3 aromatic carbocycles. The van der Waals surface area contributed by atoms with E-state index in [-0.39, 0.29) is 18.4 Å². The van der Waals surface area contributed by atoms with Gasteiger partial charge >= 0.3 is 0 Å². The number of rotatable bonds is 9. The molecule has 0 fully saturated rings. The lowest BCUT2D eigenvalue weighted by Gasteiger charge is -2.34. The second-order valence-electron chi connectivity index (χ2n) is 10.1. The van der Waals surface area contributed by atoms with Crippen LogP contribution in [0.1, 0.15) is 43.0 Å². The summed E-state index contributed by atoms with van der Waals surface area (Å²) in [5, 5.41) is 3.08. The molecule has 2 amide bonds. The third kappa shape index (κ3) is 7.95. The molecule has 0 aliphatic heterocycles. The van der Waals surface area contributed by atoms with Crippen LogP contribution in [0.5, 0.6) is 5.75 Å². The maximum Gasteiger partial charge on any atom is 0.261 e. The number of benzene rings is 3. The molecule has 5 nitrogen and oxygen atoms in total. The van der Waals surface area contributed by atoms with Crippen LogP contribution < -0.4 is 10.1 Å². The fraction of sp³-hybridized carbons (Fsp3) is 0.333. The van der Waals surface area contributed by atoms with Crippen molar-refractivity contribution in [1.82, 2.24) is 10.2 Å². The van der Waals surface area contributed by atoms with Crippen LogP contribution >= 0.6 is 15.9 Å². The summed E-state index contributed by atoms with van der Waals surface area (Å²) in [5.41, 5.74) is 3.62. The number of nitrogens with zero attached hydrogens (tertiary/aromatic N) is 1. The van der Waals surface area contributed by atoms with Crippen molar-refractivity contribution in [3.8, 4) is 5.75 Å². The van der Waals surface area contributed by atoms with Crippen molar-refractivity contribution in [1.29, 1.82) is 0 Å². The van der Waals surface area contributed by atoms with Crippen LogP contribution in [0.15, 0.2) is 77.3 Å². The Morgan fingerprint density at radius 1 is 0.944 bits per heavy atom. The highest BCUT2D eigenvalue weighted by Crippen LogP contribution is 2.22. The molecule has 6 heteroatoms. The monoisotopic (exact) mass is 550 g/mol. The first kappa shape index (κ1) is 27.5. The summed E-state index contributed by atoms with van der Waals surface area (Å²) >= 11 is 3.49. The number of ether oxygens (including phenoxy) is 1. The number of carbonyl (C=O) groups is 2. The van der Waals surface area contributed by atoms with E-state index < -0.39 is 11.6 Å². The average Bonchev–Trinajstić information content (AvgIpc) is 2.82. The van der Waals surface area contributed by atoms with Crippen LogP contribution in [0.3, 0.4) is 0 Å². The minimum absolute atomic E-state index is 0.166. The van der Waals surface area contributed by atoms with Crippen molar-refractivity contribution in [3.63, 3.8) is 0 Å². The number of hydrogen-bond acceptors (Lipinski definition) is 3. The zero-order valence-corrected chi connectivity index (χ0v) is 23.3.